The fraction of sp³-hybridized carbons (Fsp3) is 0.500. The van der Waals surface area contributed by atoms with Gasteiger partial charge in [-0.05, 0) is 37.1 Å². The van der Waals surface area contributed by atoms with E-state index in [-0.39, 0.29) is 11.9 Å². The van der Waals surface area contributed by atoms with Crippen LogP contribution in [0.1, 0.15) is 12.0 Å². The molecule has 3 nitrogen and oxygen atoms in total. The van der Waals surface area contributed by atoms with E-state index in [0.717, 1.165) is 30.8 Å². The molecule has 16 heavy (non-hydrogen) atoms. The summed E-state index contributed by atoms with van der Waals surface area (Å²) in [4.78, 5) is 0. The molecule has 88 valence electrons. The van der Waals surface area contributed by atoms with Crippen LogP contribution < -0.4 is 5.32 Å². The second-order valence-electron chi connectivity index (χ2n) is 3.94. The first-order chi connectivity index (χ1) is 7.75. The second kappa shape index (κ2) is 5.27. The summed E-state index contributed by atoms with van der Waals surface area (Å²) in [5.74, 6) is -0.203. The molecular weight excluding hydrogens is 209 g/mol. The number of hydrogen-bond acceptors (Lipinski definition) is 3. The Morgan fingerprint density at radius 2 is 2.38 bits per heavy atom. The highest BCUT2D eigenvalue weighted by Crippen LogP contribution is 2.16. The van der Waals surface area contributed by atoms with Crippen molar-refractivity contribution in [3.8, 4) is 0 Å². The van der Waals surface area contributed by atoms with Crippen LogP contribution in [0.3, 0.4) is 0 Å². The van der Waals surface area contributed by atoms with Gasteiger partial charge in [-0.2, -0.15) is 0 Å². The quantitative estimate of drug-likeness (QED) is 0.856. The van der Waals surface area contributed by atoms with Crippen LogP contribution in [0.5, 0.6) is 0 Å². The largest absolute Gasteiger partial charge is 0.382 e. The Morgan fingerprint density at radius 1 is 1.50 bits per heavy atom. The van der Waals surface area contributed by atoms with E-state index in [4.69, 9.17) is 9.47 Å². The van der Waals surface area contributed by atoms with E-state index >= 15 is 0 Å². The minimum atomic E-state index is -0.203. The van der Waals surface area contributed by atoms with Crippen LogP contribution in [-0.2, 0) is 9.47 Å². The molecule has 0 amide bonds. The van der Waals surface area contributed by atoms with E-state index < -0.39 is 0 Å². The predicted octanol–water partition coefficient (Wildman–Crippen LogP) is 2.31. The Hall–Kier alpha value is -1.13. The number of nitrogens with one attached hydrogen (secondary N) is 1. The lowest BCUT2D eigenvalue weighted by molar-refractivity contribution is -0.133. The van der Waals surface area contributed by atoms with Crippen LogP contribution in [0.15, 0.2) is 18.2 Å². The molecule has 1 aliphatic heterocycles. The fourth-order valence-electron chi connectivity index (χ4n) is 1.71. The second-order valence-corrected chi connectivity index (χ2v) is 3.94. The van der Waals surface area contributed by atoms with Crippen LogP contribution in [0, 0.1) is 12.7 Å². The highest BCUT2D eigenvalue weighted by atomic mass is 19.1. The van der Waals surface area contributed by atoms with Crippen LogP contribution in [-0.4, -0.2) is 26.0 Å². The molecule has 0 aliphatic carbocycles. The van der Waals surface area contributed by atoms with Gasteiger partial charge in [-0.3, -0.25) is 0 Å². The lowest BCUT2D eigenvalue weighted by atomic mass is 10.2. The SMILES string of the molecule is Cc1cc(F)ccc1NCC1CCOCO1. The van der Waals surface area contributed by atoms with Crippen LogP contribution in [0.2, 0.25) is 0 Å². The molecule has 0 spiro atoms. The Labute approximate surface area is 94.6 Å². The van der Waals surface area contributed by atoms with Gasteiger partial charge < -0.3 is 14.8 Å². The predicted molar refractivity (Wildman–Crippen MR) is 59.9 cm³/mol. The van der Waals surface area contributed by atoms with Crippen LogP contribution in [0.4, 0.5) is 10.1 Å². The molecule has 4 heteroatoms. The van der Waals surface area contributed by atoms with Gasteiger partial charge in [-0.1, -0.05) is 0 Å². The van der Waals surface area contributed by atoms with Crippen molar-refractivity contribution in [2.75, 3.05) is 25.3 Å². The smallest absolute Gasteiger partial charge is 0.147 e. The first-order valence-electron chi connectivity index (χ1n) is 5.45. The Bertz CT molecular complexity index is 351. The van der Waals surface area contributed by atoms with Gasteiger partial charge in [0.25, 0.3) is 0 Å². The summed E-state index contributed by atoms with van der Waals surface area (Å²) in [6.07, 6.45) is 1.07. The van der Waals surface area contributed by atoms with Gasteiger partial charge in [-0.15, -0.1) is 0 Å². The third kappa shape index (κ3) is 2.93. The molecule has 1 aromatic rings. The maximum atomic E-state index is 12.9. The van der Waals surface area contributed by atoms with Crippen molar-refractivity contribution in [2.45, 2.75) is 19.4 Å². The number of rotatable bonds is 3. The lowest BCUT2D eigenvalue weighted by Gasteiger charge is -2.23. The van der Waals surface area contributed by atoms with Gasteiger partial charge in [0.2, 0.25) is 0 Å². The molecule has 0 bridgehead atoms. The normalized spacial score (nSPS) is 20.8. The molecule has 0 aromatic heterocycles. The highest BCUT2D eigenvalue weighted by molar-refractivity contribution is 5.50. The third-order valence-corrected chi connectivity index (χ3v) is 2.68. The van der Waals surface area contributed by atoms with Gasteiger partial charge in [0.05, 0.1) is 12.7 Å². The average Bonchev–Trinajstić information content (AvgIpc) is 2.29. The molecule has 1 saturated heterocycles. The molecule has 1 aliphatic rings. The van der Waals surface area contributed by atoms with E-state index in [1.807, 2.05) is 6.92 Å². The summed E-state index contributed by atoms with van der Waals surface area (Å²) < 4.78 is 23.4. The van der Waals surface area contributed by atoms with Crippen LogP contribution >= 0.6 is 0 Å². The Balaban J connectivity index is 1.88. The standard InChI is InChI=1S/C12H16FNO2/c1-9-6-10(13)2-3-12(9)14-7-11-4-5-15-8-16-11/h2-3,6,11,14H,4-5,7-8H2,1H3. The minimum Gasteiger partial charge on any atom is -0.382 e. The van der Waals surface area contributed by atoms with Crippen molar-refractivity contribution < 1.29 is 13.9 Å². The summed E-state index contributed by atoms with van der Waals surface area (Å²) in [5.41, 5.74) is 1.86. The summed E-state index contributed by atoms with van der Waals surface area (Å²) >= 11 is 0. The Morgan fingerprint density at radius 3 is 3.06 bits per heavy atom. The highest BCUT2D eigenvalue weighted by Gasteiger charge is 2.13. The van der Waals surface area contributed by atoms with Gasteiger partial charge in [-0.25, -0.2) is 4.39 Å². The van der Waals surface area contributed by atoms with Crippen molar-refractivity contribution in [2.24, 2.45) is 0 Å². The first kappa shape index (κ1) is 11.4. The zero-order chi connectivity index (χ0) is 11.4. The maximum absolute atomic E-state index is 12.9. The number of ether oxygens (including phenoxy) is 2. The van der Waals surface area contributed by atoms with Crippen molar-refractivity contribution >= 4 is 5.69 Å². The first-order valence-corrected chi connectivity index (χ1v) is 5.45. The topological polar surface area (TPSA) is 30.5 Å². The number of aryl methyl sites for hydroxylation is 1. The number of benzene rings is 1. The van der Waals surface area contributed by atoms with Crippen molar-refractivity contribution in [1.82, 2.24) is 0 Å². The molecule has 1 unspecified atom stereocenters. The van der Waals surface area contributed by atoms with E-state index in [1.54, 1.807) is 6.07 Å². The molecule has 0 saturated carbocycles. The number of halogens is 1. The maximum Gasteiger partial charge on any atom is 0.147 e. The van der Waals surface area contributed by atoms with Gasteiger partial charge in [0, 0.05) is 12.2 Å². The van der Waals surface area contributed by atoms with Crippen LogP contribution in [0.25, 0.3) is 0 Å². The summed E-state index contributed by atoms with van der Waals surface area (Å²) in [5, 5.41) is 3.26. The van der Waals surface area contributed by atoms with Crippen molar-refractivity contribution in [1.29, 1.82) is 0 Å². The number of anilines is 1. The molecule has 1 atom stereocenters. The van der Waals surface area contributed by atoms with Gasteiger partial charge >= 0.3 is 0 Å². The number of hydrogen-bond donors (Lipinski definition) is 1. The molecule has 1 heterocycles. The Kier molecular flexibility index (Phi) is 3.74. The van der Waals surface area contributed by atoms with E-state index in [9.17, 15) is 4.39 Å². The third-order valence-electron chi connectivity index (χ3n) is 2.68. The average molecular weight is 225 g/mol. The molecule has 1 aromatic carbocycles. The summed E-state index contributed by atoms with van der Waals surface area (Å²) in [6.45, 7) is 3.73. The van der Waals surface area contributed by atoms with Gasteiger partial charge in [0.15, 0.2) is 0 Å². The van der Waals surface area contributed by atoms with E-state index in [1.165, 1.54) is 12.1 Å². The molecule has 1 fully saturated rings. The molecule has 0 radical (unpaired) electrons. The van der Waals surface area contributed by atoms with E-state index in [0.29, 0.717) is 6.79 Å². The molecular formula is C12H16FNO2. The fourth-order valence-corrected chi connectivity index (χ4v) is 1.71. The van der Waals surface area contributed by atoms with Crippen molar-refractivity contribution in [3.63, 3.8) is 0 Å². The monoisotopic (exact) mass is 225 g/mol. The summed E-state index contributed by atoms with van der Waals surface area (Å²) in [7, 11) is 0. The minimum absolute atomic E-state index is 0.179. The zero-order valence-corrected chi connectivity index (χ0v) is 9.33. The van der Waals surface area contributed by atoms with Gasteiger partial charge in [0.1, 0.15) is 12.6 Å². The zero-order valence-electron chi connectivity index (χ0n) is 9.33. The molecule has 1 N–H and O–H groups in total. The van der Waals surface area contributed by atoms with E-state index in [2.05, 4.69) is 5.32 Å². The van der Waals surface area contributed by atoms with Crippen molar-refractivity contribution in [3.05, 3.63) is 29.6 Å². The lowest BCUT2D eigenvalue weighted by Crippen LogP contribution is -2.30. The summed E-state index contributed by atoms with van der Waals surface area (Å²) in [6, 6.07) is 4.73. The molecule has 2 rings (SSSR count).